The van der Waals surface area contributed by atoms with Gasteiger partial charge in [0.25, 0.3) is 10.1 Å². The smallest absolute Gasteiger partial charge is 0.340 e. The highest BCUT2D eigenvalue weighted by Gasteiger charge is 2.59. The van der Waals surface area contributed by atoms with Crippen LogP contribution in [-0.2, 0) is 28.6 Å². The number of ether oxygens (including phenoxy) is 1. The van der Waals surface area contributed by atoms with Gasteiger partial charge in [-0.05, 0) is 24.5 Å². The zero-order valence-electron chi connectivity index (χ0n) is 19.4. The topological polar surface area (TPSA) is 169 Å². The molecule has 0 aliphatic carbocycles. The van der Waals surface area contributed by atoms with E-state index in [0.717, 1.165) is 0 Å². The first-order valence-corrected chi connectivity index (χ1v) is 11.9. The predicted octanol–water partition coefficient (Wildman–Crippen LogP) is 0.978. The van der Waals surface area contributed by atoms with Gasteiger partial charge in [0.05, 0.1) is 17.9 Å². The lowest BCUT2D eigenvalue weighted by molar-refractivity contribution is -0.204. The molecular weight excluding hydrogens is 456 g/mol. The van der Waals surface area contributed by atoms with Crippen molar-refractivity contribution in [1.29, 1.82) is 0 Å². The zero-order chi connectivity index (χ0) is 25.4. The largest absolute Gasteiger partial charge is 0.479 e. The van der Waals surface area contributed by atoms with Crippen LogP contribution >= 0.6 is 0 Å². The van der Waals surface area contributed by atoms with Crippen molar-refractivity contribution in [3.63, 3.8) is 0 Å². The third kappa shape index (κ3) is 7.76. The maximum atomic E-state index is 12.5. The van der Waals surface area contributed by atoms with Gasteiger partial charge in [-0.3, -0.25) is 14.0 Å². The van der Waals surface area contributed by atoms with Crippen LogP contribution in [0.5, 0.6) is 0 Å². The Morgan fingerprint density at radius 3 is 2.36 bits per heavy atom. The average Bonchev–Trinajstić information content (AvgIpc) is 2.73. The molecule has 1 amide bonds. The molecule has 0 radical (unpaired) electrons. The molecule has 0 aliphatic heterocycles. The van der Waals surface area contributed by atoms with Crippen molar-refractivity contribution in [1.82, 2.24) is 10.3 Å². The Labute approximate surface area is 193 Å². The van der Waals surface area contributed by atoms with Crippen LogP contribution in [0.2, 0.25) is 0 Å². The van der Waals surface area contributed by atoms with Gasteiger partial charge in [0.1, 0.15) is 6.10 Å². The van der Waals surface area contributed by atoms with Gasteiger partial charge in [-0.15, -0.1) is 0 Å². The highest BCUT2D eigenvalue weighted by Crippen LogP contribution is 2.39. The molecule has 1 rings (SSSR count). The number of nitrogens with zero attached hydrogens (tertiary/aromatic N) is 1. The molecule has 0 spiro atoms. The number of aliphatic carboxylic acids is 1. The SMILES string of the molecule is CC(=O)NCCCS(=O)(=O)OCC(C)(C)[C@](O)(C(=O)O)C(OC(=O)c1cccnc1)C(C)C. The van der Waals surface area contributed by atoms with Gasteiger partial charge in [-0.1, -0.05) is 27.7 Å². The van der Waals surface area contributed by atoms with Gasteiger partial charge in [0.15, 0.2) is 0 Å². The fraction of sp³-hybridized carbons (Fsp3) is 0.619. The number of carbonyl (C=O) groups excluding carboxylic acids is 2. The van der Waals surface area contributed by atoms with Crippen molar-refractivity contribution in [3.8, 4) is 0 Å². The molecule has 0 aromatic carbocycles. The molecule has 0 aliphatic rings. The van der Waals surface area contributed by atoms with Gasteiger partial charge in [-0.2, -0.15) is 8.42 Å². The first-order valence-electron chi connectivity index (χ1n) is 10.3. The third-order valence-electron chi connectivity index (χ3n) is 5.05. The average molecular weight is 489 g/mol. The molecule has 3 N–H and O–H groups in total. The van der Waals surface area contributed by atoms with Crippen LogP contribution in [0, 0.1) is 11.3 Å². The van der Waals surface area contributed by atoms with Crippen LogP contribution in [0.3, 0.4) is 0 Å². The molecule has 0 bridgehead atoms. The second kappa shape index (κ2) is 11.5. The number of aliphatic hydroxyl groups is 1. The first-order chi connectivity index (χ1) is 15.1. The standard InChI is InChI=1S/C21H32N2O9S/c1-14(2)17(32-18(25)16-8-6-9-22-12-16)21(28,19(26)27)20(4,5)13-31-33(29,30)11-7-10-23-15(3)24/h6,8-9,12,14,17,28H,7,10-11,13H2,1-5H3,(H,23,24)(H,26,27)/t17?,21-/m1/s1. The van der Waals surface area contributed by atoms with Crippen molar-refractivity contribution >= 4 is 28.0 Å². The molecule has 12 heteroatoms. The summed E-state index contributed by atoms with van der Waals surface area (Å²) < 4.78 is 34.9. The number of nitrogens with one attached hydrogen (secondary N) is 1. The third-order valence-corrected chi connectivity index (χ3v) is 6.32. The molecule has 0 saturated heterocycles. The van der Waals surface area contributed by atoms with Gasteiger partial charge >= 0.3 is 11.9 Å². The Hall–Kier alpha value is -2.57. The van der Waals surface area contributed by atoms with Crippen molar-refractivity contribution in [3.05, 3.63) is 30.1 Å². The Morgan fingerprint density at radius 2 is 1.88 bits per heavy atom. The Balaban J connectivity index is 3.07. The predicted molar refractivity (Wildman–Crippen MR) is 118 cm³/mol. The number of esters is 1. The van der Waals surface area contributed by atoms with E-state index in [2.05, 4.69) is 10.3 Å². The van der Waals surface area contributed by atoms with Gasteiger partial charge < -0.3 is 20.3 Å². The van der Waals surface area contributed by atoms with E-state index < -0.39 is 57.5 Å². The van der Waals surface area contributed by atoms with Crippen LogP contribution < -0.4 is 5.32 Å². The molecule has 1 heterocycles. The molecule has 0 saturated carbocycles. The summed E-state index contributed by atoms with van der Waals surface area (Å²) in [6.45, 7) is 6.47. The second-order valence-electron chi connectivity index (χ2n) is 8.63. The Bertz CT molecular complexity index is 932. The van der Waals surface area contributed by atoms with E-state index in [1.54, 1.807) is 13.8 Å². The summed E-state index contributed by atoms with van der Waals surface area (Å²) in [5.74, 6) is -3.96. The summed E-state index contributed by atoms with van der Waals surface area (Å²) in [6, 6.07) is 2.92. The van der Waals surface area contributed by atoms with Crippen molar-refractivity contribution in [2.45, 2.75) is 52.7 Å². The molecular formula is C21H32N2O9S. The van der Waals surface area contributed by atoms with Crippen LogP contribution in [0.15, 0.2) is 24.5 Å². The van der Waals surface area contributed by atoms with Crippen LogP contribution in [0.4, 0.5) is 0 Å². The summed E-state index contributed by atoms with van der Waals surface area (Å²) in [4.78, 5) is 39.5. The lowest BCUT2D eigenvalue weighted by atomic mass is 9.69. The fourth-order valence-electron chi connectivity index (χ4n) is 3.09. The molecule has 0 fully saturated rings. The summed E-state index contributed by atoms with van der Waals surface area (Å²) in [7, 11) is -4.08. The van der Waals surface area contributed by atoms with Gasteiger partial charge in [0.2, 0.25) is 11.5 Å². The van der Waals surface area contributed by atoms with Gasteiger partial charge in [-0.25, -0.2) is 9.59 Å². The minimum atomic E-state index is -4.08. The zero-order valence-corrected chi connectivity index (χ0v) is 20.2. The van der Waals surface area contributed by atoms with E-state index in [-0.39, 0.29) is 24.4 Å². The minimum absolute atomic E-state index is 0.0618. The van der Waals surface area contributed by atoms with E-state index in [1.165, 1.54) is 45.3 Å². The molecule has 33 heavy (non-hydrogen) atoms. The van der Waals surface area contributed by atoms with Crippen LogP contribution in [0.25, 0.3) is 0 Å². The molecule has 186 valence electrons. The fourth-order valence-corrected chi connectivity index (χ4v) is 4.18. The lowest BCUT2D eigenvalue weighted by Crippen LogP contribution is -2.63. The van der Waals surface area contributed by atoms with Crippen molar-refractivity contribution in [2.24, 2.45) is 11.3 Å². The molecule has 1 aromatic heterocycles. The maximum absolute atomic E-state index is 12.5. The van der Waals surface area contributed by atoms with Gasteiger partial charge in [0, 0.05) is 31.3 Å². The number of pyridine rings is 1. The number of hydrogen-bond donors (Lipinski definition) is 3. The number of carboxylic acids is 1. The second-order valence-corrected chi connectivity index (χ2v) is 10.4. The molecule has 1 unspecified atom stereocenters. The number of carbonyl (C=O) groups is 3. The Morgan fingerprint density at radius 1 is 1.24 bits per heavy atom. The summed E-state index contributed by atoms with van der Waals surface area (Å²) in [5.41, 5.74) is -4.33. The number of carboxylic acid groups (broad SMARTS) is 1. The normalized spacial score (nSPS) is 14.9. The monoisotopic (exact) mass is 488 g/mol. The van der Waals surface area contributed by atoms with E-state index in [0.29, 0.717) is 0 Å². The summed E-state index contributed by atoms with van der Waals surface area (Å²) >= 11 is 0. The number of rotatable bonds is 13. The van der Waals surface area contributed by atoms with Crippen LogP contribution in [-0.4, -0.2) is 72.1 Å². The highest BCUT2D eigenvalue weighted by atomic mass is 32.2. The van der Waals surface area contributed by atoms with E-state index in [4.69, 9.17) is 8.92 Å². The lowest BCUT2D eigenvalue weighted by Gasteiger charge is -2.44. The highest BCUT2D eigenvalue weighted by molar-refractivity contribution is 7.86. The van der Waals surface area contributed by atoms with E-state index in [9.17, 15) is 33.0 Å². The summed E-state index contributed by atoms with van der Waals surface area (Å²) in [6.07, 6.45) is 1.23. The number of hydrogen-bond acceptors (Lipinski definition) is 9. The number of amides is 1. The Kier molecular flexibility index (Phi) is 9.94. The first kappa shape index (κ1) is 28.5. The summed E-state index contributed by atoms with van der Waals surface area (Å²) in [5, 5.41) is 23.7. The quantitative estimate of drug-likeness (QED) is 0.207. The maximum Gasteiger partial charge on any atom is 0.340 e. The van der Waals surface area contributed by atoms with Crippen LogP contribution in [0.1, 0.15) is 51.4 Å². The minimum Gasteiger partial charge on any atom is -0.479 e. The van der Waals surface area contributed by atoms with E-state index in [1.807, 2.05) is 0 Å². The molecule has 1 aromatic rings. The van der Waals surface area contributed by atoms with Crippen molar-refractivity contribution < 1.29 is 41.9 Å². The number of aromatic nitrogens is 1. The van der Waals surface area contributed by atoms with Crippen molar-refractivity contribution in [2.75, 3.05) is 18.9 Å². The molecule has 2 atom stereocenters. The molecule has 11 nitrogen and oxygen atoms in total. The van der Waals surface area contributed by atoms with E-state index >= 15 is 0 Å².